The van der Waals surface area contributed by atoms with E-state index >= 15 is 0 Å². The topological polar surface area (TPSA) is 12.5 Å². The largest absolute Gasteiger partial charge is 0.488 e. The Morgan fingerprint density at radius 3 is 2.42 bits per heavy atom. The number of nitrogens with zero attached hydrogens (tertiary/aromatic N) is 1. The first kappa shape index (κ1) is 15.5. The predicted octanol–water partition coefficient (Wildman–Crippen LogP) is 4.89. The van der Waals surface area contributed by atoms with E-state index in [4.69, 9.17) is 4.74 Å². The van der Waals surface area contributed by atoms with E-state index in [0.29, 0.717) is 6.61 Å². The Kier molecular flexibility index (Phi) is 4.40. The standard InChI is InChI=1S/C22H25NO/c1-2-13-23-14-11-17(12-15-23)22-19-8-4-3-7-18(19)16-24-21-10-6-5-9-20(21)22/h3-10H,2,11-16H2,1H3. The molecule has 0 aromatic heterocycles. The summed E-state index contributed by atoms with van der Waals surface area (Å²) in [5.74, 6) is 1.02. The van der Waals surface area contributed by atoms with Gasteiger partial charge in [-0.3, -0.25) is 0 Å². The highest BCUT2D eigenvalue weighted by Crippen LogP contribution is 2.40. The van der Waals surface area contributed by atoms with Gasteiger partial charge in [0.25, 0.3) is 0 Å². The summed E-state index contributed by atoms with van der Waals surface area (Å²) in [4.78, 5) is 2.59. The molecule has 1 saturated heterocycles. The number of piperidine rings is 1. The van der Waals surface area contributed by atoms with Crippen LogP contribution in [0, 0.1) is 0 Å². The minimum atomic E-state index is 0.659. The highest BCUT2D eigenvalue weighted by atomic mass is 16.5. The monoisotopic (exact) mass is 319 g/mol. The molecule has 2 heteroatoms. The second kappa shape index (κ2) is 6.82. The quantitative estimate of drug-likeness (QED) is 0.781. The molecule has 0 bridgehead atoms. The molecule has 0 amide bonds. The number of hydrogen-bond donors (Lipinski definition) is 0. The van der Waals surface area contributed by atoms with Crippen LogP contribution in [0.4, 0.5) is 0 Å². The first-order valence-electron chi connectivity index (χ1n) is 9.11. The number of rotatable bonds is 2. The molecule has 2 aromatic carbocycles. The summed E-state index contributed by atoms with van der Waals surface area (Å²) in [6, 6.07) is 17.3. The Balaban J connectivity index is 1.80. The van der Waals surface area contributed by atoms with E-state index in [1.165, 1.54) is 48.3 Å². The Hall–Kier alpha value is -2.06. The molecule has 0 aliphatic carbocycles. The van der Waals surface area contributed by atoms with Crippen LogP contribution in [0.2, 0.25) is 0 Å². The summed E-state index contributed by atoms with van der Waals surface area (Å²) in [7, 11) is 0. The average molecular weight is 319 g/mol. The highest BCUT2D eigenvalue weighted by molar-refractivity contribution is 5.87. The van der Waals surface area contributed by atoms with Gasteiger partial charge in [0, 0.05) is 18.7 Å². The molecule has 2 aliphatic heterocycles. The van der Waals surface area contributed by atoms with Gasteiger partial charge in [-0.25, -0.2) is 0 Å². The number of fused-ring (bicyclic) bond motifs is 2. The van der Waals surface area contributed by atoms with E-state index in [2.05, 4.69) is 60.4 Å². The average Bonchev–Trinajstić information content (AvgIpc) is 2.80. The molecule has 2 heterocycles. The molecule has 0 N–H and O–H groups in total. The van der Waals surface area contributed by atoms with Crippen LogP contribution >= 0.6 is 0 Å². The van der Waals surface area contributed by atoms with Crippen LogP contribution in [-0.4, -0.2) is 24.5 Å². The lowest BCUT2D eigenvalue weighted by Gasteiger charge is -2.30. The smallest absolute Gasteiger partial charge is 0.127 e. The molecule has 0 radical (unpaired) electrons. The lowest BCUT2D eigenvalue weighted by atomic mass is 9.86. The van der Waals surface area contributed by atoms with Crippen molar-refractivity contribution < 1.29 is 4.74 Å². The molecule has 0 saturated carbocycles. The minimum Gasteiger partial charge on any atom is -0.488 e. The van der Waals surface area contributed by atoms with E-state index in [1.807, 2.05) is 0 Å². The third-order valence-electron chi connectivity index (χ3n) is 5.18. The van der Waals surface area contributed by atoms with Crippen molar-refractivity contribution in [3.8, 4) is 5.75 Å². The summed E-state index contributed by atoms with van der Waals surface area (Å²) >= 11 is 0. The van der Waals surface area contributed by atoms with Crippen LogP contribution in [0.25, 0.3) is 5.57 Å². The van der Waals surface area contributed by atoms with Gasteiger partial charge >= 0.3 is 0 Å². The van der Waals surface area contributed by atoms with Gasteiger partial charge in [-0.15, -0.1) is 0 Å². The van der Waals surface area contributed by atoms with Gasteiger partial charge in [0.15, 0.2) is 0 Å². The van der Waals surface area contributed by atoms with Crippen molar-refractivity contribution in [2.45, 2.75) is 32.8 Å². The number of ether oxygens (including phenoxy) is 1. The maximum atomic E-state index is 6.11. The third-order valence-corrected chi connectivity index (χ3v) is 5.18. The molecule has 2 aromatic rings. The van der Waals surface area contributed by atoms with Crippen LogP contribution in [0.3, 0.4) is 0 Å². The Morgan fingerprint density at radius 2 is 1.62 bits per heavy atom. The Morgan fingerprint density at radius 1 is 0.917 bits per heavy atom. The predicted molar refractivity (Wildman–Crippen MR) is 99.2 cm³/mol. The molecular weight excluding hydrogens is 294 g/mol. The van der Waals surface area contributed by atoms with Crippen LogP contribution in [-0.2, 0) is 6.61 Å². The van der Waals surface area contributed by atoms with Crippen molar-refractivity contribution in [1.82, 2.24) is 4.90 Å². The van der Waals surface area contributed by atoms with Crippen molar-refractivity contribution in [1.29, 1.82) is 0 Å². The first-order valence-corrected chi connectivity index (χ1v) is 9.11. The fourth-order valence-corrected chi connectivity index (χ4v) is 3.98. The normalized spacial score (nSPS) is 17.7. The fraction of sp³-hybridized carbons (Fsp3) is 0.364. The zero-order valence-corrected chi connectivity index (χ0v) is 14.4. The van der Waals surface area contributed by atoms with Gasteiger partial charge in [-0.05, 0) is 48.6 Å². The van der Waals surface area contributed by atoms with Gasteiger partial charge in [0.2, 0.25) is 0 Å². The summed E-state index contributed by atoms with van der Waals surface area (Å²) in [6.07, 6.45) is 3.57. The van der Waals surface area contributed by atoms with E-state index in [-0.39, 0.29) is 0 Å². The molecule has 0 atom stereocenters. The fourth-order valence-electron chi connectivity index (χ4n) is 3.98. The summed E-state index contributed by atoms with van der Waals surface area (Å²) in [6.45, 7) is 6.50. The van der Waals surface area contributed by atoms with Crippen molar-refractivity contribution >= 4 is 5.57 Å². The van der Waals surface area contributed by atoms with Gasteiger partial charge < -0.3 is 9.64 Å². The maximum Gasteiger partial charge on any atom is 0.127 e. The van der Waals surface area contributed by atoms with Crippen molar-refractivity contribution in [2.75, 3.05) is 19.6 Å². The Labute approximate surface area is 144 Å². The lowest BCUT2D eigenvalue weighted by Crippen LogP contribution is -2.31. The highest BCUT2D eigenvalue weighted by Gasteiger charge is 2.24. The third kappa shape index (κ3) is 2.87. The zero-order chi connectivity index (χ0) is 16.4. The van der Waals surface area contributed by atoms with Crippen LogP contribution in [0.1, 0.15) is 42.9 Å². The first-order chi connectivity index (χ1) is 11.9. The van der Waals surface area contributed by atoms with Crippen LogP contribution in [0.15, 0.2) is 54.1 Å². The molecule has 124 valence electrons. The van der Waals surface area contributed by atoms with Crippen molar-refractivity contribution in [2.24, 2.45) is 0 Å². The lowest BCUT2D eigenvalue weighted by molar-refractivity contribution is 0.257. The zero-order valence-electron chi connectivity index (χ0n) is 14.4. The summed E-state index contributed by atoms with van der Waals surface area (Å²) < 4.78 is 6.11. The SMILES string of the molecule is CCCN1CCC(=C2c3ccccc3COc3ccccc32)CC1. The van der Waals surface area contributed by atoms with Crippen LogP contribution in [0.5, 0.6) is 5.75 Å². The summed E-state index contributed by atoms with van der Waals surface area (Å²) in [5.41, 5.74) is 6.94. The van der Waals surface area contributed by atoms with Gasteiger partial charge in [-0.1, -0.05) is 55.0 Å². The number of likely N-dealkylation sites (tertiary alicyclic amines) is 1. The second-order valence-corrected chi connectivity index (χ2v) is 6.76. The van der Waals surface area contributed by atoms with Crippen molar-refractivity contribution in [3.63, 3.8) is 0 Å². The van der Waals surface area contributed by atoms with E-state index < -0.39 is 0 Å². The Bertz CT molecular complexity index is 703. The number of para-hydroxylation sites is 1. The van der Waals surface area contributed by atoms with Crippen molar-refractivity contribution in [3.05, 3.63) is 70.8 Å². The second-order valence-electron chi connectivity index (χ2n) is 6.76. The molecule has 1 fully saturated rings. The molecule has 4 rings (SSSR count). The van der Waals surface area contributed by atoms with E-state index in [1.54, 1.807) is 5.57 Å². The summed E-state index contributed by atoms with van der Waals surface area (Å²) in [5, 5.41) is 0. The molecular formula is C22H25NO. The number of benzene rings is 2. The van der Waals surface area contributed by atoms with Gasteiger partial charge in [0.1, 0.15) is 12.4 Å². The molecule has 2 aliphatic rings. The van der Waals surface area contributed by atoms with E-state index in [0.717, 1.165) is 18.6 Å². The maximum absolute atomic E-state index is 6.11. The molecule has 24 heavy (non-hydrogen) atoms. The van der Waals surface area contributed by atoms with Gasteiger partial charge in [-0.2, -0.15) is 0 Å². The molecule has 2 nitrogen and oxygen atoms in total. The molecule has 0 spiro atoms. The van der Waals surface area contributed by atoms with E-state index in [9.17, 15) is 0 Å². The number of hydrogen-bond acceptors (Lipinski definition) is 2. The van der Waals surface area contributed by atoms with Crippen LogP contribution < -0.4 is 4.74 Å². The molecule has 0 unspecified atom stereocenters. The van der Waals surface area contributed by atoms with Gasteiger partial charge in [0.05, 0.1) is 0 Å². The minimum absolute atomic E-state index is 0.659.